The van der Waals surface area contributed by atoms with Crippen LogP contribution in [0.3, 0.4) is 0 Å². The number of ether oxygens (including phenoxy) is 1. The van der Waals surface area contributed by atoms with Crippen LogP contribution in [-0.4, -0.2) is 17.8 Å². The Morgan fingerprint density at radius 2 is 1.61 bits per heavy atom. The van der Waals surface area contributed by atoms with E-state index in [1.807, 2.05) is 6.07 Å². The highest BCUT2D eigenvalue weighted by Gasteiger charge is 2.20. The molecule has 4 nitrogen and oxygen atoms in total. The van der Waals surface area contributed by atoms with Crippen LogP contribution in [0, 0.1) is 0 Å². The van der Waals surface area contributed by atoms with Gasteiger partial charge in [-0.15, -0.1) is 0 Å². The van der Waals surface area contributed by atoms with Crippen LogP contribution < -0.4 is 10.1 Å². The molecule has 0 fully saturated rings. The molecule has 1 atom stereocenters. The molecule has 0 bridgehead atoms. The van der Waals surface area contributed by atoms with E-state index in [1.165, 1.54) is 6.07 Å². The van der Waals surface area contributed by atoms with E-state index in [1.54, 1.807) is 67.6 Å². The quantitative estimate of drug-likeness (QED) is 0.532. The summed E-state index contributed by atoms with van der Waals surface area (Å²) in [7, 11) is 0. The summed E-state index contributed by atoms with van der Waals surface area (Å²) in [6.07, 6.45) is -0.797. The van der Waals surface area contributed by atoms with Crippen LogP contribution in [0.2, 0.25) is 10.0 Å². The third kappa shape index (κ3) is 4.91. The summed E-state index contributed by atoms with van der Waals surface area (Å²) in [5, 5.41) is 3.66. The fraction of sp³-hybridized carbons (Fsp3) is 0.0909. The van der Waals surface area contributed by atoms with Gasteiger partial charge in [-0.25, -0.2) is 0 Å². The van der Waals surface area contributed by atoms with Crippen LogP contribution in [0.15, 0.2) is 72.8 Å². The first-order chi connectivity index (χ1) is 13.4. The first-order valence-electron chi connectivity index (χ1n) is 8.56. The minimum Gasteiger partial charge on any atom is -0.481 e. The molecule has 0 aliphatic carbocycles. The Kier molecular flexibility index (Phi) is 6.34. The molecule has 3 aromatic carbocycles. The van der Waals surface area contributed by atoms with Gasteiger partial charge in [0.1, 0.15) is 5.75 Å². The molecule has 0 saturated carbocycles. The smallest absolute Gasteiger partial charge is 0.265 e. The summed E-state index contributed by atoms with van der Waals surface area (Å²) in [6.45, 7) is 1.62. The van der Waals surface area contributed by atoms with Gasteiger partial charge in [0.2, 0.25) is 0 Å². The molecule has 0 saturated heterocycles. The zero-order valence-electron chi connectivity index (χ0n) is 15.0. The molecule has 28 heavy (non-hydrogen) atoms. The highest BCUT2D eigenvalue weighted by Crippen LogP contribution is 2.24. The number of amides is 1. The van der Waals surface area contributed by atoms with Crippen molar-refractivity contribution in [2.45, 2.75) is 13.0 Å². The lowest BCUT2D eigenvalue weighted by Gasteiger charge is -2.16. The number of rotatable bonds is 6. The number of benzene rings is 3. The zero-order valence-corrected chi connectivity index (χ0v) is 16.5. The molecule has 1 amide bonds. The standard InChI is InChI=1S/C22H17Cl2NO3/c1-14(28-18-9-5-8-16(23)12-18)22(27)25-20-11-10-17(24)13-19(20)21(26)15-6-3-2-4-7-15/h2-14H,1H3,(H,25,27)/t14-/m0/s1. The van der Waals surface area contributed by atoms with Crippen LogP contribution >= 0.6 is 23.2 Å². The summed E-state index contributed by atoms with van der Waals surface area (Å²) in [4.78, 5) is 25.4. The highest BCUT2D eigenvalue weighted by molar-refractivity contribution is 6.31. The Morgan fingerprint density at radius 3 is 2.32 bits per heavy atom. The molecule has 0 aliphatic heterocycles. The van der Waals surface area contributed by atoms with Gasteiger partial charge >= 0.3 is 0 Å². The normalized spacial score (nSPS) is 11.5. The molecule has 142 valence electrons. The van der Waals surface area contributed by atoms with E-state index >= 15 is 0 Å². The Balaban J connectivity index is 1.80. The van der Waals surface area contributed by atoms with E-state index in [0.717, 1.165) is 0 Å². The molecule has 0 aliphatic rings. The summed E-state index contributed by atoms with van der Waals surface area (Å²) < 4.78 is 5.63. The number of carbonyl (C=O) groups is 2. The Bertz CT molecular complexity index is 1010. The van der Waals surface area contributed by atoms with Gasteiger partial charge < -0.3 is 10.1 Å². The van der Waals surface area contributed by atoms with Crippen molar-refractivity contribution < 1.29 is 14.3 Å². The minimum atomic E-state index is -0.797. The van der Waals surface area contributed by atoms with E-state index in [0.29, 0.717) is 32.6 Å². The summed E-state index contributed by atoms with van der Waals surface area (Å²) >= 11 is 12.0. The largest absolute Gasteiger partial charge is 0.481 e. The van der Waals surface area contributed by atoms with E-state index in [9.17, 15) is 9.59 Å². The van der Waals surface area contributed by atoms with Crippen LogP contribution in [0.5, 0.6) is 5.75 Å². The van der Waals surface area contributed by atoms with Crippen molar-refractivity contribution in [1.82, 2.24) is 0 Å². The Morgan fingerprint density at radius 1 is 0.893 bits per heavy atom. The Labute approximate surface area is 173 Å². The third-order valence-electron chi connectivity index (χ3n) is 4.00. The molecule has 0 spiro atoms. The van der Waals surface area contributed by atoms with Crippen molar-refractivity contribution in [3.8, 4) is 5.75 Å². The predicted octanol–water partition coefficient (Wildman–Crippen LogP) is 5.63. The van der Waals surface area contributed by atoms with Crippen molar-refractivity contribution in [3.63, 3.8) is 0 Å². The van der Waals surface area contributed by atoms with Crippen molar-refractivity contribution in [2.24, 2.45) is 0 Å². The molecular weight excluding hydrogens is 397 g/mol. The molecule has 0 unspecified atom stereocenters. The summed E-state index contributed by atoms with van der Waals surface area (Å²) in [5.41, 5.74) is 1.18. The van der Waals surface area contributed by atoms with E-state index in [-0.39, 0.29) is 5.78 Å². The maximum Gasteiger partial charge on any atom is 0.265 e. The second kappa shape index (κ2) is 8.91. The maximum absolute atomic E-state index is 12.8. The molecule has 0 radical (unpaired) electrons. The third-order valence-corrected chi connectivity index (χ3v) is 4.47. The first-order valence-corrected chi connectivity index (χ1v) is 9.32. The van der Waals surface area contributed by atoms with Crippen molar-refractivity contribution in [3.05, 3.63) is 94.0 Å². The van der Waals surface area contributed by atoms with Gasteiger partial charge in [0.05, 0.1) is 5.69 Å². The van der Waals surface area contributed by atoms with Gasteiger partial charge in [-0.05, 0) is 43.3 Å². The summed E-state index contributed by atoms with van der Waals surface area (Å²) in [5.74, 6) is -0.155. The van der Waals surface area contributed by atoms with Crippen LogP contribution in [-0.2, 0) is 4.79 Å². The molecule has 0 aromatic heterocycles. The van der Waals surface area contributed by atoms with E-state index in [2.05, 4.69) is 5.32 Å². The maximum atomic E-state index is 12.8. The van der Waals surface area contributed by atoms with Gasteiger partial charge in [0, 0.05) is 21.2 Å². The number of halogens is 2. The monoisotopic (exact) mass is 413 g/mol. The molecule has 0 heterocycles. The average molecular weight is 414 g/mol. The van der Waals surface area contributed by atoms with Gasteiger partial charge in [0.15, 0.2) is 11.9 Å². The lowest BCUT2D eigenvalue weighted by Crippen LogP contribution is -2.30. The van der Waals surface area contributed by atoms with Gasteiger partial charge in [0.25, 0.3) is 5.91 Å². The van der Waals surface area contributed by atoms with Crippen LogP contribution in [0.25, 0.3) is 0 Å². The zero-order chi connectivity index (χ0) is 20.1. The van der Waals surface area contributed by atoms with Gasteiger partial charge in [-0.2, -0.15) is 0 Å². The number of nitrogens with one attached hydrogen (secondary N) is 1. The fourth-order valence-electron chi connectivity index (χ4n) is 2.59. The topological polar surface area (TPSA) is 55.4 Å². The lowest BCUT2D eigenvalue weighted by molar-refractivity contribution is -0.122. The summed E-state index contributed by atoms with van der Waals surface area (Å²) in [6, 6.07) is 20.3. The molecular formula is C22H17Cl2NO3. The Hall–Kier alpha value is -2.82. The van der Waals surface area contributed by atoms with E-state index in [4.69, 9.17) is 27.9 Å². The minimum absolute atomic E-state index is 0.234. The lowest BCUT2D eigenvalue weighted by atomic mass is 10.0. The van der Waals surface area contributed by atoms with E-state index < -0.39 is 12.0 Å². The number of anilines is 1. The fourth-order valence-corrected chi connectivity index (χ4v) is 2.94. The van der Waals surface area contributed by atoms with Crippen LogP contribution in [0.1, 0.15) is 22.8 Å². The van der Waals surface area contributed by atoms with Gasteiger partial charge in [-0.3, -0.25) is 9.59 Å². The van der Waals surface area contributed by atoms with Crippen LogP contribution in [0.4, 0.5) is 5.69 Å². The SMILES string of the molecule is C[C@H](Oc1cccc(Cl)c1)C(=O)Nc1ccc(Cl)cc1C(=O)c1ccccc1. The molecule has 1 N–H and O–H groups in total. The number of ketones is 1. The van der Waals surface area contributed by atoms with Crippen molar-refractivity contribution in [1.29, 1.82) is 0 Å². The second-order valence-corrected chi connectivity index (χ2v) is 6.96. The molecule has 3 rings (SSSR count). The van der Waals surface area contributed by atoms with Gasteiger partial charge in [-0.1, -0.05) is 59.6 Å². The number of carbonyl (C=O) groups excluding carboxylic acids is 2. The van der Waals surface area contributed by atoms with Crippen molar-refractivity contribution >= 4 is 40.6 Å². The highest BCUT2D eigenvalue weighted by atomic mass is 35.5. The second-order valence-electron chi connectivity index (χ2n) is 6.09. The first kappa shape index (κ1) is 19.9. The predicted molar refractivity (Wildman–Crippen MR) is 111 cm³/mol. The molecule has 6 heteroatoms. The van der Waals surface area contributed by atoms with Crippen molar-refractivity contribution in [2.75, 3.05) is 5.32 Å². The number of hydrogen-bond acceptors (Lipinski definition) is 3. The average Bonchev–Trinajstić information content (AvgIpc) is 2.69. The molecule has 3 aromatic rings. The number of hydrogen-bond donors (Lipinski definition) is 1.